The number of unbranched alkanes of at least 4 members (excludes halogenated alkanes) is 2. The summed E-state index contributed by atoms with van der Waals surface area (Å²) in [5.74, 6) is 0.842. The second-order valence-electron chi connectivity index (χ2n) is 4.74. The molecule has 0 spiro atoms. The molecule has 0 fully saturated rings. The molecule has 0 aromatic heterocycles. The fourth-order valence-corrected chi connectivity index (χ4v) is 2.92. The van der Waals surface area contributed by atoms with Crippen molar-refractivity contribution in [2.24, 2.45) is 0 Å². The van der Waals surface area contributed by atoms with Gasteiger partial charge in [0.1, 0.15) is 0 Å². The Kier molecular flexibility index (Phi) is 7.62. The maximum Gasteiger partial charge on any atom is 0.156 e. The van der Waals surface area contributed by atoms with E-state index in [2.05, 4.69) is 35.1 Å². The number of rotatable bonds is 8. The maximum atomic E-state index is 6.11. The number of halogens is 2. The summed E-state index contributed by atoms with van der Waals surface area (Å²) >= 11 is 9.61. The molecule has 0 aliphatic heterocycles. The van der Waals surface area contributed by atoms with Crippen LogP contribution in [0.15, 0.2) is 16.6 Å². The van der Waals surface area contributed by atoms with Gasteiger partial charge in [0.2, 0.25) is 0 Å². The molecule has 0 saturated heterocycles. The molecule has 108 valence electrons. The fourth-order valence-electron chi connectivity index (χ4n) is 2.00. The summed E-state index contributed by atoms with van der Waals surface area (Å²) in [5, 5.41) is 4.20. The van der Waals surface area contributed by atoms with Crippen molar-refractivity contribution in [2.45, 2.75) is 52.5 Å². The number of anilines is 1. The lowest BCUT2D eigenvalue weighted by molar-refractivity contribution is 0.339. The molecule has 0 radical (unpaired) electrons. The number of hydrogen-bond acceptors (Lipinski definition) is 2. The molecule has 0 saturated carbocycles. The predicted molar refractivity (Wildman–Crippen MR) is 87.5 cm³/mol. The summed E-state index contributed by atoms with van der Waals surface area (Å²) in [5.41, 5.74) is 0.963. The normalized spacial score (nSPS) is 12.3. The maximum absolute atomic E-state index is 6.11. The first-order valence-electron chi connectivity index (χ1n) is 6.96. The van der Waals surface area contributed by atoms with Crippen molar-refractivity contribution >= 4 is 33.2 Å². The van der Waals surface area contributed by atoms with Gasteiger partial charge in [0, 0.05) is 11.1 Å². The second kappa shape index (κ2) is 8.70. The summed E-state index contributed by atoms with van der Waals surface area (Å²) in [6, 6.07) is 4.20. The van der Waals surface area contributed by atoms with Crippen molar-refractivity contribution in [1.29, 1.82) is 0 Å². The summed E-state index contributed by atoms with van der Waals surface area (Å²) in [6.45, 7) is 7.04. The zero-order valence-corrected chi connectivity index (χ0v) is 14.3. The fraction of sp³-hybridized carbons (Fsp3) is 0.600. The molecule has 0 aliphatic carbocycles. The van der Waals surface area contributed by atoms with Crippen molar-refractivity contribution in [3.63, 3.8) is 0 Å². The Morgan fingerprint density at radius 3 is 2.68 bits per heavy atom. The molecule has 19 heavy (non-hydrogen) atoms. The van der Waals surface area contributed by atoms with Gasteiger partial charge in [-0.05, 0) is 48.3 Å². The van der Waals surface area contributed by atoms with Crippen LogP contribution in [0.5, 0.6) is 5.75 Å². The van der Waals surface area contributed by atoms with Crippen LogP contribution in [0.2, 0.25) is 5.02 Å². The molecule has 0 bridgehead atoms. The van der Waals surface area contributed by atoms with Crippen LogP contribution in [0, 0.1) is 0 Å². The van der Waals surface area contributed by atoms with Crippen LogP contribution in [-0.4, -0.2) is 12.6 Å². The van der Waals surface area contributed by atoms with Gasteiger partial charge in [0.25, 0.3) is 0 Å². The van der Waals surface area contributed by atoms with Gasteiger partial charge in [-0.15, -0.1) is 0 Å². The quantitative estimate of drug-likeness (QED) is 0.592. The van der Waals surface area contributed by atoms with E-state index in [0.29, 0.717) is 17.7 Å². The molecule has 0 heterocycles. The third-order valence-electron chi connectivity index (χ3n) is 2.94. The minimum Gasteiger partial charge on any atom is -0.491 e. The zero-order valence-electron chi connectivity index (χ0n) is 11.9. The number of ether oxygens (including phenoxy) is 1. The molecule has 1 unspecified atom stereocenters. The van der Waals surface area contributed by atoms with Gasteiger partial charge >= 0.3 is 0 Å². The first-order valence-corrected chi connectivity index (χ1v) is 8.13. The highest BCUT2D eigenvalue weighted by Gasteiger charge is 2.12. The van der Waals surface area contributed by atoms with Crippen LogP contribution in [0.25, 0.3) is 0 Å². The summed E-state index contributed by atoms with van der Waals surface area (Å²) in [7, 11) is 0. The first-order chi connectivity index (χ1) is 9.08. The van der Waals surface area contributed by atoms with E-state index in [4.69, 9.17) is 16.3 Å². The molecular weight excluding hydrogens is 326 g/mol. The SMILES string of the molecule is CCCCCC(C)Nc1cc(Cl)cc(Br)c1OCC. The van der Waals surface area contributed by atoms with E-state index in [9.17, 15) is 0 Å². The summed E-state index contributed by atoms with van der Waals surface area (Å²) < 4.78 is 6.57. The van der Waals surface area contributed by atoms with E-state index in [1.807, 2.05) is 19.1 Å². The van der Waals surface area contributed by atoms with Crippen molar-refractivity contribution in [1.82, 2.24) is 0 Å². The predicted octanol–water partition coefficient (Wildman–Crippen LogP) is 5.88. The van der Waals surface area contributed by atoms with Crippen LogP contribution < -0.4 is 10.1 Å². The van der Waals surface area contributed by atoms with E-state index in [0.717, 1.165) is 22.3 Å². The Morgan fingerprint density at radius 2 is 2.05 bits per heavy atom. The topological polar surface area (TPSA) is 21.3 Å². The highest BCUT2D eigenvalue weighted by molar-refractivity contribution is 9.10. The minimum atomic E-state index is 0.413. The van der Waals surface area contributed by atoms with E-state index in [1.165, 1.54) is 19.3 Å². The molecule has 2 nitrogen and oxygen atoms in total. The van der Waals surface area contributed by atoms with Crippen LogP contribution >= 0.6 is 27.5 Å². The summed E-state index contributed by atoms with van der Waals surface area (Å²) in [4.78, 5) is 0. The van der Waals surface area contributed by atoms with E-state index in [-0.39, 0.29) is 0 Å². The van der Waals surface area contributed by atoms with Crippen LogP contribution in [0.1, 0.15) is 46.5 Å². The lowest BCUT2D eigenvalue weighted by Gasteiger charge is -2.19. The van der Waals surface area contributed by atoms with Gasteiger partial charge in [-0.2, -0.15) is 0 Å². The Bertz CT molecular complexity index is 398. The molecule has 1 aromatic carbocycles. The third kappa shape index (κ3) is 5.62. The first kappa shape index (κ1) is 16.6. The van der Waals surface area contributed by atoms with Crippen molar-refractivity contribution < 1.29 is 4.74 Å². The second-order valence-corrected chi connectivity index (χ2v) is 6.03. The molecule has 1 N–H and O–H groups in total. The van der Waals surface area contributed by atoms with Gasteiger partial charge in [-0.1, -0.05) is 37.8 Å². The molecule has 4 heteroatoms. The molecule has 1 atom stereocenters. The van der Waals surface area contributed by atoms with Gasteiger partial charge in [-0.25, -0.2) is 0 Å². The number of hydrogen-bond donors (Lipinski definition) is 1. The Morgan fingerprint density at radius 1 is 1.32 bits per heavy atom. The molecule has 0 aliphatic rings. The lowest BCUT2D eigenvalue weighted by Crippen LogP contribution is -2.16. The van der Waals surface area contributed by atoms with Crippen molar-refractivity contribution in [3.8, 4) is 5.75 Å². The molecule has 1 rings (SSSR count). The standard InChI is InChI=1S/C15H23BrClNO/c1-4-6-7-8-11(3)18-14-10-12(17)9-13(16)15(14)19-5-2/h9-11,18H,4-8H2,1-3H3. The van der Waals surface area contributed by atoms with Crippen LogP contribution in [0.3, 0.4) is 0 Å². The average molecular weight is 349 g/mol. The number of nitrogens with one attached hydrogen (secondary N) is 1. The molecule has 1 aromatic rings. The van der Waals surface area contributed by atoms with E-state index >= 15 is 0 Å². The number of benzene rings is 1. The van der Waals surface area contributed by atoms with E-state index in [1.54, 1.807) is 0 Å². The highest BCUT2D eigenvalue weighted by Crippen LogP contribution is 2.37. The van der Waals surface area contributed by atoms with Crippen LogP contribution in [0.4, 0.5) is 5.69 Å². The monoisotopic (exact) mass is 347 g/mol. The van der Waals surface area contributed by atoms with Crippen LogP contribution in [-0.2, 0) is 0 Å². The van der Waals surface area contributed by atoms with Gasteiger partial charge < -0.3 is 10.1 Å². The van der Waals surface area contributed by atoms with Gasteiger partial charge in [0.05, 0.1) is 16.8 Å². The van der Waals surface area contributed by atoms with Gasteiger partial charge in [0.15, 0.2) is 5.75 Å². The van der Waals surface area contributed by atoms with Gasteiger partial charge in [-0.3, -0.25) is 0 Å². The zero-order chi connectivity index (χ0) is 14.3. The summed E-state index contributed by atoms with van der Waals surface area (Å²) in [6.07, 6.45) is 4.93. The van der Waals surface area contributed by atoms with Crippen molar-refractivity contribution in [3.05, 3.63) is 21.6 Å². The molecule has 0 amide bonds. The highest BCUT2D eigenvalue weighted by atomic mass is 79.9. The Labute approximate surface area is 130 Å². The minimum absolute atomic E-state index is 0.413. The average Bonchev–Trinajstić information content (AvgIpc) is 2.34. The largest absolute Gasteiger partial charge is 0.491 e. The molecular formula is C15H23BrClNO. The van der Waals surface area contributed by atoms with E-state index < -0.39 is 0 Å². The smallest absolute Gasteiger partial charge is 0.156 e. The lowest BCUT2D eigenvalue weighted by atomic mass is 10.1. The third-order valence-corrected chi connectivity index (χ3v) is 3.75. The Hall–Kier alpha value is -0.410. The van der Waals surface area contributed by atoms with Crippen molar-refractivity contribution in [2.75, 3.05) is 11.9 Å². The Balaban J connectivity index is 2.75.